The van der Waals surface area contributed by atoms with Gasteiger partial charge in [0.05, 0.1) is 19.2 Å². The van der Waals surface area contributed by atoms with Crippen LogP contribution in [0.2, 0.25) is 5.02 Å². The zero-order chi connectivity index (χ0) is 18.6. The molecule has 132 valence electrons. The van der Waals surface area contributed by atoms with Crippen molar-refractivity contribution < 1.29 is 19.1 Å². The molecule has 0 saturated heterocycles. The van der Waals surface area contributed by atoms with Gasteiger partial charge in [0.15, 0.2) is 11.5 Å². The van der Waals surface area contributed by atoms with Crippen molar-refractivity contribution in [1.82, 2.24) is 0 Å². The molecule has 0 aromatic heterocycles. The minimum Gasteiger partial charge on any atom is -0.493 e. The monoisotopic (exact) mass is 362 g/mol. The Morgan fingerprint density at radius 1 is 1.04 bits per heavy atom. The van der Waals surface area contributed by atoms with E-state index in [1.165, 1.54) is 27.2 Å². The summed E-state index contributed by atoms with van der Waals surface area (Å²) >= 11 is 6.14. The van der Waals surface area contributed by atoms with Gasteiger partial charge >= 0.3 is 0 Å². The molecule has 0 heterocycles. The lowest BCUT2D eigenvalue weighted by atomic mass is 10.1. The third-order valence-corrected chi connectivity index (χ3v) is 3.78. The number of carbonyl (C=O) groups is 2. The minimum absolute atomic E-state index is 0.187. The van der Waals surface area contributed by atoms with Crippen molar-refractivity contribution in [3.05, 3.63) is 46.5 Å². The summed E-state index contributed by atoms with van der Waals surface area (Å²) in [5.74, 6) is 0.187. The summed E-state index contributed by atoms with van der Waals surface area (Å²) < 4.78 is 10.4. The lowest BCUT2D eigenvalue weighted by molar-refractivity contribution is -0.114. The van der Waals surface area contributed by atoms with Crippen LogP contribution < -0.4 is 20.1 Å². The van der Waals surface area contributed by atoms with Gasteiger partial charge in [-0.25, -0.2) is 0 Å². The fraction of sp³-hybridized carbons (Fsp3) is 0.222. The molecule has 0 spiro atoms. The van der Waals surface area contributed by atoms with Crippen LogP contribution in [0, 0.1) is 6.92 Å². The predicted octanol–water partition coefficient (Wildman–Crippen LogP) is 3.88. The average molecular weight is 363 g/mol. The van der Waals surface area contributed by atoms with Crippen molar-refractivity contribution in [1.29, 1.82) is 0 Å². The van der Waals surface area contributed by atoms with Gasteiger partial charge in [-0.05, 0) is 36.8 Å². The molecule has 0 bridgehead atoms. The Hall–Kier alpha value is -2.73. The zero-order valence-corrected chi connectivity index (χ0v) is 15.2. The van der Waals surface area contributed by atoms with Gasteiger partial charge in [0.1, 0.15) is 0 Å². The number of hydrogen-bond donors (Lipinski definition) is 2. The standard InChI is InChI=1S/C18H19ClN2O4/c1-10-5-6-13(20-11(2)22)9-15(10)21-18(23)12-7-14(19)17(25-4)16(8-12)24-3/h5-9H,1-4H3,(H,20,22)(H,21,23). The first kappa shape index (κ1) is 18.6. The Morgan fingerprint density at radius 3 is 2.36 bits per heavy atom. The van der Waals surface area contributed by atoms with E-state index in [1.807, 2.05) is 13.0 Å². The molecule has 2 amide bonds. The molecule has 0 atom stereocenters. The first-order valence-corrected chi connectivity index (χ1v) is 7.84. The van der Waals surface area contributed by atoms with E-state index in [2.05, 4.69) is 10.6 Å². The van der Waals surface area contributed by atoms with Crippen LogP contribution in [0.5, 0.6) is 11.5 Å². The van der Waals surface area contributed by atoms with E-state index in [9.17, 15) is 9.59 Å². The van der Waals surface area contributed by atoms with E-state index in [1.54, 1.807) is 18.2 Å². The lowest BCUT2D eigenvalue weighted by Crippen LogP contribution is -2.14. The van der Waals surface area contributed by atoms with Crippen molar-refractivity contribution in [2.45, 2.75) is 13.8 Å². The quantitative estimate of drug-likeness (QED) is 0.846. The highest BCUT2D eigenvalue weighted by atomic mass is 35.5. The van der Waals surface area contributed by atoms with E-state index in [0.29, 0.717) is 28.4 Å². The van der Waals surface area contributed by atoms with Gasteiger partial charge in [-0.15, -0.1) is 0 Å². The molecule has 0 unspecified atom stereocenters. The summed E-state index contributed by atoms with van der Waals surface area (Å²) in [7, 11) is 2.94. The smallest absolute Gasteiger partial charge is 0.255 e. The highest BCUT2D eigenvalue weighted by Gasteiger charge is 2.16. The van der Waals surface area contributed by atoms with Crippen LogP contribution in [0.15, 0.2) is 30.3 Å². The number of nitrogens with one attached hydrogen (secondary N) is 2. The summed E-state index contributed by atoms with van der Waals surface area (Å²) in [5.41, 5.74) is 2.36. The van der Waals surface area contributed by atoms with Crippen LogP contribution in [0.3, 0.4) is 0 Å². The molecule has 0 aliphatic carbocycles. The fourth-order valence-electron chi connectivity index (χ4n) is 2.28. The lowest BCUT2D eigenvalue weighted by Gasteiger charge is -2.13. The van der Waals surface area contributed by atoms with Crippen LogP contribution >= 0.6 is 11.6 Å². The SMILES string of the molecule is COc1cc(C(=O)Nc2cc(NC(C)=O)ccc2C)cc(Cl)c1OC. The van der Waals surface area contributed by atoms with Gasteiger partial charge in [0.2, 0.25) is 5.91 Å². The maximum atomic E-state index is 12.6. The van der Waals surface area contributed by atoms with Gasteiger partial charge in [-0.2, -0.15) is 0 Å². The van der Waals surface area contributed by atoms with Crippen LogP contribution in [0.1, 0.15) is 22.8 Å². The van der Waals surface area contributed by atoms with Gasteiger partial charge in [-0.3, -0.25) is 9.59 Å². The summed E-state index contributed by atoms with van der Waals surface area (Å²) in [6.45, 7) is 3.28. The Kier molecular flexibility index (Phi) is 5.88. The second-order valence-corrected chi connectivity index (χ2v) is 5.77. The number of halogens is 1. The maximum absolute atomic E-state index is 12.6. The summed E-state index contributed by atoms with van der Waals surface area (Å²) in [5, 5.41) is 5.76. The molecule has 25 heavy (non-hydrogen) atoms. The highest BCUT2D eigenvalue weighted by molar-refractivity contribution is 6.32. The molecular weight excluding hydrogens is 344 g/mol. The number of aryl methyl sites for hydroxylation is 1. The van der Waals surface area contributed by atoms with Gasteiger partial charge in [-0.1, -0.05) is 17.7 Å². The second kappa shape index (κ2) is 7.90. The van der Waals surface area contributed by atoms with Crippen LogP contribution in [0.25, 0.3) is 0 Å². The first-order valence-electron chi connectivity index (χ1n) is 7.46. The van der Waals surface area contributed by atoms with Crippen molar-refractivity contribution >= 4 is 34.8 Å². The molecule has 2 aromatic carbocycles. The molecule has 2 N–H and O–H groups in total. The molecular formula is C18H19ClN2O4. The van der Waals surface area contributed by atoms with Crippen LogP contribution in [-0.2, 0) is 4.79 Å². The van der Waals surface area contributed by atoms with Crippen LogP contribution in [0.4, 0.5) is 11.4 Å². The topological polar surface area (TPSA) is 76.7 Å². The third kappa shape index (κ3) is 4.42. The predicted molar refractivity (Wildman–Crippen MR) is 98.0 cm³/mol. The number of amides is 2. The van der Waals surface area contributed by atoms with Crippen molar-refractivity contribution in [3.8, 4) is 11.5 Å². The molecule has 0 aliphatic rings. The van der Waals surface area contributed by atoms with Gasteiger partial charge in [0.25, 0.3) is 5.91 Å². The number of ether oxygens (including phenoxy) is 2. The number of methoxy groups -OCH3 is 2. The molecule has 0 fully saturated rings. The normalized spacial score (nSPS) is 10.1. The number of hydrogen-bond acceptors (Lipinski definition) is 4. The third-order valence-electron chi connectivity index (χ3n) is 3.50. The van der Waals surface area contributed by atoms with E-state index in [-0.39, 0.29) is 16.8 Å². The highest BCUT2D eigenvalue weighted by Crippen LogP contribution is 2.36. The molecule has 0 saturated carbocycles. The number of carbonyl (C=O) groups excluding carboxylic acids is 2. The van der Waals surface area contributed by atoms with E-state index < -0.39 is 0 Å². The van der Waals surface area contributed by atoms with Gasteiger partial charge in [0, 0.05) is 23.9 Å². The molecule has 6 nitrogen and oxygen atoms in total. The Bertz CT molecular complexity index is 821. The van der Waals surface area contributed by atoms with E-state index in [0.717, 1.165) is 5.56 Å². The van der Waals surface area contributed by atoms with Crippen molar-refractivity contribution in [2.75, 3.05) is 24.9 Å². The summed E-state index contributed by atoms with van der Waals surface area (Å²) in [6.07, 6.45) is 0. The Balaban J connectivity index is 2.31. The molecule has 2 rings (SSSR count). The first-order chi connectivity index (χ1) is 11.8. The fourth-order valence-corrected chi connectivity index (χ4v) is 2.57. The zero-order valence-electron chi connectivity index (χ0n) is 14.4. The van der Waals surface area contributed by atoms with Crippen molar-refractivity contribution in [3.63, 3.8) is 0 Å². The molecule has 0 radical (unpaired) electrons. The molecule has 2 aromatic rings. The second-order valence-electron chi connectivity index (χ2n) is 5.36. The summed E-state index contributed by atoms with van der Waals surface area (Å²) in [4.78, 5) is 23.7. The number of anilines is 2. The van der Waals surface area contributed by atoms with Gasteiger partial charge < -0.3 is 20.1 Å². The largest absolute Gasteiger partial charge is 0.493 e. The maximum Gasteiger partial charge on any atom is 0.255 e. The number of rotatable bonds is 5. The minimum atomic E-state index is -0.356. The molecule has 0 aliphatic heterocycles. The molecule has 7 heteroatoms. The van der Waals surface area contributed by atoms with Crippen molar-refractivity contribution in [2.24, 2.45) is 0 Å². The summed E-state index contributed by atoms with van der Waals surface area (Å²) in [6, 6.07) is 8.32. The van der Waals surface area contributed by atoms with E-state index in [4.69, 9.17) is 21.1 Å². The van der Waals surface area contributed by atoms with E-state index >= 15 is 0 Å². The Morgan fingerprint density at radius 2 is 1.76 bits per heavy atom. The van der Waals surface area contributed by atoms with Crippen LogP contribution in [-0.4, -0.2) is 26.0 Å². The Labute approximate surface area is 151 Å². The average Bonchev–Trinajstić information content (AvgIpc) is 2.56. The number of benzene rings is 2.